The number of hydrogen-bond donors (Lipinski definition) is 1. The number of hydrogen-bond acceptors (Lipinski definition) is 4. The number of carbonyl (C=O) groups is 1. The molecule has 19 heavy (non-hydrogen) atoms. The molecule has 0 radical (unpaired) electrons. The van der Waals surface area contributed by atoms with Gasteiger partial charge in [-0.1, -0.05) is 0 Å². The number of likely N-dealkylation sites (tertiary alicyclic amines) is 1. The zero-order valence-electron chi connectivity index (χ0n) is 10.9. The van der Waals surface area contributed by atoms with Crippen LogP contribution in [0.5, 0.6) is 0 Å². The number of aliphatic hydroxyl groups is 1. The molecule has 2 aromatic heterocycles. The van der Waals surface area contributed by atoms with Gasteiger partial charge in [-0.15, -0.1) is 22.7 Å². The summed E-state index contributed by atoms with van der Waals surface area (Å²) in [5.74, 6) is 0.117. The quantitative estimate of drug-likeness (QED) is 0.876. The van der Waals surface area contributed by atoms with E-state index in [9.17, 15) is 9.90 Å². The molecule has 1 aliphatic heterocycles. The summed E-state index contributed by atoms with van der Waals surface area (Å²) in [6.45, 7) is 3.26. The summed E-state index contributed by atoms with van der Waals surface area (Å²) in [5.41, 5.74) is -0.620. The highest BCUT2D eigenvalue weighted by atomic mass is 32.1. The Hall–Kier alpha value is -0.910. The fourth-order valence-electron chi connectivity index (χ4n) is 2.49. The third-order valence-electron chi connectivity index (χ3n) is 3.70. The second-order valence-electron chi connectivity index (χ2n) is 5.40. The van der Waals surface area contributed by atoms with Gasteiger partial charge in [-0.25, -0.2) is 0 Å². The molecule has 1 N–H and O–H groups in total. The Labute approximate surface area is 120 Å². The molecule has 1 atom stereocenters. The van der Waals surface area contributed by atoms with Crippen molar-refractivity contribution in [3.8, 4) is 0 Å². The van der Waals surface area contributed by atoms with Crippen LogP contribution in [-0.2, 0) is 0 Å². The third-order valence-corrected chi connectivity index (χ3v) is 5.78. The smallest absolute Gasteiger partial charge is 0.263 e. The van der Waals surface area contributed by atoms with Gasteiger partial charge in [-0.2, -0.15) is 0 Å². The van der Waals surface area contributed by atoms with Gasteiger partial charge >= 0.3 is 0 Å². The summed E-state index contributed by atoms with van der Waals surface area (Å²) < 4.78 is 2.38. The van der Waals surface area contributed by atoms with E-state index in [0.717, 1.165) is 24.3 Å². The minimum Gasteiger partial charge on any atom is -0.390 e. The summed E-state index contributed by atoms with van der Waals surface area (Å²) in [4.78, 5) is 15.2. The normalized spacial score (nSPS) is 24.6. The molecule has 3 nitrogen and oxygen atoms in total. The van der Waals surface area contributed by atoms with E-state index in [4.69, 9.17) is 0 Å². The number of nitrogens with zero attached hydrogens (tertiary/aromatic N) is 1. The second kappa shape index (κ2) is 4.89. The Kier molecular flexibility index (Phi) is 3.37. The monoisotopic (exact) mass is 295 g/mol. The van der Waals surface area contributed by atoms with Crippen LogP contribution >= 0.6 is 22.7 Å². The maximum absolute atomic E-state index is 12.5. The Morgan fingerprint density at radius 1 is 1.37 bits per heavy atom. The predicted molar refractivity (Wildman–Crippen MR) is 80.1 cm³/mol. The highest BCUT2D eigenvalue weighted by molar-refractivity contribution is 7.27. The molecule has 3 rings (SSSR count). The van der Waals surface area contributed by atoms with Gasteiger partial charge in [0.25, 0.3) is 5.91 Å². The zero-order chi connectivity index (χ0) is 13.5. The Balaban J connectivity index is 1.78. The molecule has 0 saturated carbocycles. The van der Waals surface area contributed by atoms with E-state index in [-0.39, 0.29) is 5.91 Å². The van der Waals surface area contributed by atoms with Crippen LogP contribution in [0.25, 0.3) is 9.40 Å². The number of amides is 1. The lowest BCUT2D eigenvalue weighted by Crippen LogP contribution is -2.33. The first-order valence-corrected chi connectivity index (χ1v) is 8.23. The highest BCUT2D eigenvalue weighted by Gasteiger charge is 2.28. The fraction of sp³-hybridized carbons (Fsp3) is 0.500. The lowest BCUT2D eigenvalue weighted by molar-refractivity contribution is 0.0438. The van der Waals surface area contributed by atoms with Crippen molar-refractivity contribution in [2.45, 2.75) is 31.8 Å². The summed E-state index contributed by atoms with van der Waals surface area (Å²) >= 11 is 3.24. The van der Waals surface area contributed by atoms with Crippen LogP contribution in [0.1, 0.15) is 35.9 Å². The van der Waals surface area contributed by atoms with Crippen LogP contribution in [0.3, 0.4) is 0 Å². The number of rotatable bonds is 1. The van der Waals surface area contributed by atoms with Gasteiger partial charge in [-0.3, -0.25) is 4.79 Å². The molecule has 1 saturated heterocycles. The van der Waals surface area contributed by atoms with E-state index in [1.54, 1.807) is 22.7 Å². The first-order valence-electron chi connectivity index (χ1n) is 6.54. The van der Waals surface area contributed by atoms with E-state index in [1.807, 2.05) is 17.9 Å². The molecule has 1 unspecified atom stereocenters. The Bertz CT molecular complexity index is 571. The molecule has 3 heterocycles. The van der Waals surface area contributed by atoms with Gasteiger partial charge in [0, 0.05) is 22.5 Å². The standard InChI is InChI=1S/C14H17NO2S2/c1-14(17)4-2-6-15(7-5-14)13(16)12-9-11-10(19-12)3-8-18-11/h3,8-9,17H,2,4-7H2,1H3. The molecule has 0 aliphatic carbocycles. The molecule has 5 heteroatoms. The van der Waals surface area contributed by atoms with Gasteiger partial charge < -0.3 is 10.0 Å². The molecule has 0 bridgehead atoms. The highest BCUT2D eigenvalue weighted by Crippen LogP contribution is 2.31. The van der Waals surface area contributed by atoms with Crippen molar-refractivity contribution in [3.05, 3.63) is 22.4 Å². The zero-order valence-corrected chi connectivity index (χ0v) is 12.5. The summed E-state index contributed by atoms with van der Waals surface area (Å²) in [5, 5.41) is 12.1. The van der Waals surface area contributed by atoms with E-state index < -0.39 is 5.60 Å². The molecule has 1 fully saturated rings. The van der Waals surface area contributed by atoms with Gasteiger partial charge in [-0.05, 0) is 43.7 Å². The number of carbonyl (C=O) groups excluding carboxylic acids is 1. The third kappa shape index (κ3) is 2.68. The van der Waals surface area contributed by atoms with Crippen LogP contribution in [0, 0.1) is 0 Å². The second-order valence-corrected chi connectivity index (χ2v) is 7.43. The predicted octanol–water partition coefficient (Wildman–Crippen LogP) is 3.34. The van der Waals surface area contributed by atoms with Crippen molar-refractivity contribution >= 4 is 38.0 Å². The van der Waals surface area contributed by atoms with E-state index in [0.29, 0.717) is 13.0 Å². The molecular formula is C14H17NO2S2. The Morgan fingerprint density at radius 3 is 3.00 bits per heavy atom. The molecule has 0 spiro atoms. The minimum atomic E-state index is -0.620. The number of thiophene rings is 2. The van der Waals surface area contributed by atoms with Crippen molar-refractivity contribution < 1.29 is 9.90 Å². The average Bonchev–Trinajstić information content (AvgIpc) is 2.88. The Morgan fingerprint density at radius 2 is 2.21 bits per heavy atom. The maximum Gasteiger partial charge on any atom is 0.263 e. The average molecular weight is 295 g/mol. The maximum atomic E-state index is 12.5. The molecule has 1 amide bonds. The lowest BCUT2D eigenvalue weighted by Gasteiger charge is -2.22. The SMILES string of the molecule is CC1(O)CCCN(C(=O)c2cc3sccc3s2)CC1. The fourth-order valence-corrected chi connectivity index (χ4v) is 4.57. The first-order chi connectivity index (χ1) is 9.05. The van der Waals surface area contributed by atoms with Gasteiger partial charge in [0.05, 0.1) is 10.5 Å². The van der Waals surface area contributed by atoms with Crippen LogP contribution in [0.15, 0.2) is 17.5 Å². The van der Waals surface area contributed by atoms with Crippen LogP contribution < -0.4 is 0 Å². The molecular weight excluding hydrogens is 278 g/mol. The lowest BCUT2D eigenvalue weighted by atomic mass is 9.98. The molecule has 102 valence electrons. The topological polar surface area (TPSA) is 40.5 Å². The largest absolute Gasteiger partial charge is 0.390 e. The summed E-state index contributed by atoms with van der Waals surface area (Å²) in [6, 6.07) is 4.06. The van der Waals surface area contributed by atoms with Crippen molar-refractivity contribution in [3.63, 3.8) is 0 Å². The van der Waals surface area contributed by atoms with Gasteiger partial charge in [0.15, 0.2) is 0 Å². The van der Waals surface area contributed by atoms with E-state index >= 15 is 0 Å². The molecule has 1 aliphatic rings. The van der Waals surface area contributed by atoms with E-state index in [2.05, 4.69) is 11.4 Å². The summed E-state index contributed by atoms with van der Waals surface area (Å²) in [6.07, 6.45) is 2.31. The molecule has 0 aromatic carbocycles. The van der Waals surface area contributed by atoms with Crippen LogP contribution in [0.4, 0.5) is 0 Å². The van der Waals surface area contributed by atoms with E-state index in [1.165, 1.54) is 9.40 Å². The van der Waals surface area contributed by atoms with Gasteiger partial charge in [0.2, 0.25) is 0 Å². The van der Waals surface area contributed by atoms with Crippen molar-refractivity contribution in [1.82, 2.24) is 4.90 Å². The molecule has 2 aromatic rings. The van der Waals surface area contributed by atoms with Crippen molar-refractivity contribution in [1.29, 1.82) is 0 Å². The number of fused-ring (bicyclic) bond motifs is 1. The van der Waals surface area contributed by atoms with Gasteiger partial charge in [0.1, 0.15) is 0 Å². The van der Waals surface area contributed by atoms with Crippen LogP contribution in [-0.4, -0.2) is 34.6 Å². The van der Waals surface area contributed by atoms with Crippen molar-refractivity contribution in [2.24, 2.45) is 0 Å². The van der Waals surface area contributed by atoms with Crippen molar-refractivity contribution in [2.75, 3.05) is 13.1 Å². The summed E-state index contributed by atoms with van der Waals surface area (Å²) in [7, 11) is 0. The first kappa shape index (κ1) is 13.1. The van der Waals surface area contributed by atoms with Crippen LogP contribution in [0.2, 0.25) is 0 Å². The minimum absolute atomic E-state index is 0.117.